The van der Waals surface area contributed by atoms with E-state index < -0.39 is 27.6 Å². The van der Waals surface area contributed by atoms with Crippen LogP contribution in [0.25, 0.3) is 0 Å². The van der Waals surface area contributed by atoms with Gasteiger partial charge in [0.1, 0.15) is 5.54 Å². The van der Waals surface area contributed by atoms with Crippen molar-refractivity contribution >= 4 is 23.3 Å². The van der Waals surface area contributed by atoms with Gasteiger partial charge in [-0.2, -0.15) is 17.0 Å². The van der Waals surface area contributed by atoms with Crippen molar-refractivity contribution in [1.29, 1.82) is 0 Å². The minimum atomic E-state index is -3.69. The van der Waals surface area contributed by atoms with E-state index in [1.807, 2.05) is 0 Å². The van der Waals surface area contributed by atoms with E-state index in [0.29, 0.717) is 44.1 Å². The van der Waals surface area contributed by atoms with Crippen molar-refractivity contribution in [2.24, 2.45) is 34.3 Å². The number of rotatable bonds is 7. The third-order valence-corrected chi connectivity index (χ3v) is 12.9. The molecule has 4 aliphatic carbocycles. The second kappa shape index (κ2) is 7.66. The Hall–Kier alpha value is -0.715. The number of nitrogens with two attached hydrogens (primary N) is 1. The lowest BCUT2D eigenvalue weighted by molar-refractivity contribution is -0.199. The fraction of sp³-hybridized carbons (Fsp3) is 0.958. The van der Waals surface area contributed by atoms with Gasteiger partial charge < -0.3 is 20.1 Å². The van der Waals surface area contributed by atoms with Crippen LogP contribution in [0, 0.1) is 28.6 Å². The molecule has 11 heteroatoms. The average molecular weight is 509 g/mol. The number of hydrogen-bond acceptors (Lipinski definition) is 6. The summed E-state index contributed by atoms with van der Waals surface area (Å²) in [6.07, 6.45) is 7.57. The van der Waals surface area contributed by atoms with Crippen molar-refractivity contribution in [3.8, 4) is 0 Å². The molecule has 0 radical (unpaired) electrons. The van der Waals surface area contributed by atoms with E-state index in [1.165, 1.54) is 15.0 Å². The molecule has 0 aromatic carbocycles. The number of hydrogen-bond donors (Lipinski definition) is 2. The summed E-state index contributed by atoms with van der Waals surface area (Å²) in [4.78, 5) is 12.1. The third-order valence-electron chi connectivity index (χ3n) is 11.1. The topological polar surface area (TPSA) is 122 Å². The number of aliphatic carboxylic acids is 1. The summed E-state index contributed by atoms with van der Waals surface area (Å²) < 4.78 is 42.0. The molecule has 3 saturated heterocycles. The van der Waals surface area contributed by atoms with Gasteiger partial charge in [-0.05, 0) is 68.0 Å². The number of carboxylic acid groups (broad SMARTS) is 1. The molecule has 9 nitrogen and oxygen atoms in total. The van der Waals surface area contributed by atoms with Crippen LogP contribution in [0.3, 0.4) is 0 Å². The van der Waals surface area contributed by atoms with E-state index in [-0.39, 0.29) is 42.7 Å². The molecule has 4 saturated carbocycles. The highest BCUT2D eigenvalue weighted by molar-refractivity contribution is 7.86. The zero-order valence-electron chi connectivity index (χ0n) is 21.2. The lowest BCUT2D eigenvalue weighted by atomic mass is 9.43. The molecule has 3 N–H and O–H groups in total. The van der Waals surface area contributed by atoms with Crippen LogP contribution in [-0.4, -0.2) is 78.6 Å². The molecule has 6 atom stereocenters. The van der Waals surface area contributed by atoms with Crippen LogP contribution in [0.4, 0.5) is 0 Å². The molecular weight excluding hydrogens is 469 g/mol. The van der Waals surface area contributed by atoms with Crippen LogP contribution < -0.4 is 5.73 Å². The van der Waals surface area contributed by atoms with Gasteiger partial charge in [-0.3, -0.25) is 4.79 Å². The average Bonchev–Trinajstić information content (AvgIpc) is 3.23. The van der Waals surface area contributed by atoms with Gasteiger partial charge in [0.2, 0.25) is 0 Å². The molecule has 0 amide bonds. The quantitative estimate of drug-likeness (QED) is 0.503. The number of carbonyl (C=O) groups is 1. The zero-order chi connectivity index (χ0) is 25.0. The Morgan fingerprint density at radius 3 is 2.46 bits per heavy atom. The monoisotopic (exact) mass is 509 g/mol. The predicted molar refractivity (Wildman–Crippen MR) is 131 cm³/mol. The van der Waals surface area contributed by atoms with Gasteiger partial charge in [0, 0.05) is 32.1 Å². The maximum absolute atomic E-state index is 13.2. The maximum atomic E-state index is 13.2. The molecule has 1 spiro atoms. The van der Waals surface area contributed by atoms with Gasteiger partial charge in [0.25, 0.3) is 10.2 Å². The molecule has 0 unspecified atom stereocenters. The highest BCUT2D eigenvalue weighted by Crippen LogP contribution is 2.65. The number of nitrogens with zero attached hydrogens (tertiary/aromatic N) is 2. The third kappa shape index (κ3) is 3.44. The highest BCUT2D eigenvalue weighted by atomic mass is 32.2. The van der Waals surface area contributed by atoms with E-state index in [1.54, 1.807) is 0 Å². The Labute approximate surface area is 209 Å². The molecule has 3 aliphatic heterocycles. The van der Waals surface area contributed by atoms with Crippen molar-refractivity contribution in [2.75, 3.05) is 26.2 Å². The molecule has 7 fully saturated rings. The van der Waals surface area contributed by atoms with Gasteiger partial charge >= 0.3 is 13.1 Å². The Kier molecular flexibility index (Phi) is 5.39. The van der Waals surface area contributed by atoms with Crippen LogP contribution in [0.15, 0.2) is 0 Å². The maximum Gasteiger partial charge on any atom is 0.457 e. The van der Waals surface area contributed by atoms with E-state index in [9.17, 15) is 18.3 Å². The second-order valence-corrected chi connectivity index (χ2v) is 15.2. The van der Waals surface area contributed by atoms with Crippen molar-refractivity contribution < 1.29 is 27.6 Å². The molecule has 196 valence electrons. The Morgan fingerprint density at radius 2 is 1.86 bits per heavy atom. The molecule has 0 aromatic heterocycles. The van der Waals surface area contributed by atoms with Crippen molar-refractivity contribution in [1.82, 2.24) is 8.61 Å². The van der Waals surface area contributed by atoms with Gasteiger partial charge in [0.15, 0.2) is 0 Å². The first-order valence-electron chi connectivity index (χ1n) is 13.4. The van der Waals surface area contributed by atoms with Crippen LogP contribution in [0.2, 0.25) is 6.32 Å². The smallest absolute Gasteiger partial charge is 0.457 e. The first-order valence-corrected chi connectivity index (χ1v) is 14.8. The van der Waals surface area contributed by atoms with Gasteiger partial charge in [0.05, 0.1) is 11.7 Å². The molecule has 7 aliphatic rings. The van der Waals surface area contributed by atoms with Crippen molar-refractivity contribution in [3.63, 3.8) is 0 Å². The lowest BCUT2D eigenvalue weighted by Gasteiger charge is -2.64. The summed E-state index contributed by atoms with van der Waals surface area (Å²) in [5.74, 6) is -0.382. The Balaban J connectivity index is 1.06. The molecule has 35 heavy (non-hydrogen) atoms. The summed E-state index contributed by atoms with van der Waals surface area (Å²) in [6.45, 7) is 7.95. The Bertz CT molecular complexity index is 1010. The fourth-order valence-electron chi connectivity index (χ4n) is 8.29. The van der Waals surface area contributed by atoms with Crippen LogP contribution in [-0.2, 0) is 24.3 Å². The Morgan fingerprint density at radius 1 is 1.14 bits per heavy atom. The van der Waals surface area contributed by atoms with Crippen LogP contribution in [0.5, 0.6) is 0 Å². The molecular formula is C24H40BN3O6S. The first-order chi connectivity index (χ1) is 16.3. The van der Waals surface area contributed by atoms with Crippen molar-refractivity contribution in [3.05, 3.63) is 0 Å². The summed E-state index contributed by atoms with van der Waals surface area (Å²) in [7, 11) is -3.98. The summed E-state index contributed by atoms with van der Waals surface area (Å²) in [5, 5.41) is 9.92. The van der Waals surface area contributed by atoms with Crippen LogP contribution in [0.1, 0.15) is 65.7 Å². The van der Waals surface area contributed by atoms with E-state index >= 15 is 0 Å². The fourth-order valence-corrected chi connectivity index (χ4v) is 10.2. The van der Waals surface area contributed by atoms with Crippen LogP contribution >= 0.6 is 0 Å². The normalized spacial score (nSPS) is 43.9. The number of carboxylic acids is 1. The van der Waals surface area contributed by atoms with Crippen molar-refractivity contribution in [2.45, 2.75) is 89.3 Å². The summed E-state index contributed by atoms with van der Waals surface area (Å²) >= 11 is 0. The SMILES string of the molecule is CC1(C)[C@H]2C[C@@H]3OB(CCC[C@H]4CN(S(=O)(=O)N5CC6(CCC6)C5)C[C@@]4(N)C(=O)O)O[C@]3(C)[C@@H]1C2. The first kappa shape index (κ1) is 24.6. The molecule has 7 rings (SSSR count). The summed E-state index contributed by atoms with van der Waals surface area (Å²) in [6, 6.07) is 0. The van der Waals surface area contributed by atoms with Gasteiger partial charge in [-0.25, -0.2) is 0 Å². The van der Waals surface area contributed by atoms with E-state index in [0.717, 1.165) is 25.7 Å². The minimum absolute atomic E-state index is 0.125. The predicted octanol–water partition coefficient (Wildman–Crippen LogP) is 1.94. The minimum Gasteiger partial charge on any atom is -0.480 e. The van der Waals surface area contributed by atoms with Gasteiger partial charge in [-0.15, -0.1) is 0 Å². The standard InChI is InChI=1S/C24H40BN3O6S/c1-21(2)17-10-18(21)22(3)19(11-17)33-25(34-22)9-4-6-16-12-27(15-24(16,26)20(29)30)35(31,32)28-13-23(14-28)7-5-8-23/h16-19H,4-15,26H2,1-3H3,(H,29,30)/t16-,17+,18+,19-,22+,24-/m0/s1. The largest absolute Gasteiger partial charge is 0.480 e. The van der Waals surface area contributed by atoms with E-state index in [4.69, 9.17) is 15.0 Å². The van der Waals surface area contributed by atoms with Gasteiger partial charge in [-0.1, -0.05) is 26.7 Å². The van der Waals surface area contributed by atoms with E-state index in [2.05, 4.69) is 20.8 Å². The molecule has 3 heterocycles. The lowest BCUT2D eigenvalue weighted by Crippen LogP contribution is -2.65. The summed E-state index contributed by atoms with van der Waals surface area (Å²) in [5.41, 5.74) is 4.99. The zero-order valence-corrected chi connectivity index (χ0v) is 22.1. The molecule has 2 bridgehead atoms. The highest BCUT2D eigenvalue weighted by Gasteiger charge is 2.67. The molecule has 0 aromatic rings. The second-order valence-electron chi connectivity index (χ2n) is 13.3.